The molecule has 0 bridgehead atoms. The standard InChI is InChI=1S/C12H9N3S/c13-11-7-15-12(16-11)9-1-2-10-6-14-4-3-8(10)5-9/h1-7H,13H2. The van der Waals surface area contributed by atoms with Crippen molar-refractivity contribution in [2.45, 2.75) is 0 Å². The topological polar surface area (TPSA) is 51.8 Å². The number of rotatable bonds is 1. The maximum absolute atomic E-state index is 5.67. The van der Waals surface area contributed by atoms with Crippen LogP contribution in [0.4, 0.5) is 5.00 Å². The number of benzene rings is 1. The first-order valence-electron chi connectivity index (χ1n) is 4.88. The van der Waals surface area contributed by atoms with Crippen LogP contribution in [0.5, 0.6) is 0 Å². The van der Waals surface area contributed by atoms with E-state index in [0.717, 1.165) is 21.0 Å². The van der Waals surface area contributed by atoms with Crippen LogP contribution in [0.15, 0.2) is 42.9 Å². The van der Waals surface area contributed by atoms with Gasteiger partial charge < -0.3 is 5.73 Å². The molecule has 3 aromatic rings. The predicted octanol–water partition coefficient (Wildman–Crippen LogP) is 2.94. The zero-order valence-corrected chi connectivity index (χ0v) is 9.24. The number of nitrogens with zero attached hydrogens (tertiary/aromatic N) is 2. The highest BCUT2D eigenvalue weighted by atomic mass is 32.1. The largest absolute Gasteiger partial charge is 0.389 e. The first-order valence-corrected chi connectivity index (χ1v) is 5.70. The van der Waals surface area contributed by atoms with E-state index in [2.05, 4.69) is 22.1 Å². The van der Waals surface area contributed by atoms with E-state index in [1.54, 1.807) is 12.4 Å². The van der Waals surface area contributed by atoms with E-state index in [9.17, 15) is 0 Å². The average Bonchev–Trinajstić information content (AvgIpc) is 2.75. The van der Waals surface area contributed by atoms with E-state index in [1.165, 1.54) is 16.7 Å². The van der Waals surface area contributed by atoms with Crippen LogP contribution in [0.3, 0.4) is 0 Å². The number of anilines is 1. The molecule has 3 nitrogen and oxygen atoms in total. The van der Waals surface area contributed by atoms with E-state index in [0.29, 0.717) is 0 Å². The molecule has 0 spiro atoms. The van der Waals surface area contributed by atoms with Crippen molar-refractivity contribution in [1.82, 2.24) is 9.97 Å². The number of aromatic nitrogens is 2. The Labute approximate surface area is 96.6 Å². The summed E-state index contributed by atoms with van der Waals surface area (Å²) in [6.07, 6.45) is 5.34. The number of thiazole rings is 1. The number of pyridine rings is 1. The van der Waals surface area contributed by atoms with E-state index < -0.39 is 0 Å². The summed E-state index contributed by atoms with van der Waals surface area (Å²) in [6, 6.07) is 8.20. The van der Waals surface area contributed by atoms with Crippen LogP contribution in [0.1, 0.15) is 0 Å². The molecule has 16 heavy (non-hydrogen) atoms. The Morgan fingerprint density at radius 3 is 2.81 bits per heavy atom. The number of nitrogens with two attached hydrogens (primary N) is 1. The van der Waals surface area contributed by atoms with Crippen molar-refractivity contribution in [3.8, 4) is 10.6 Å². The number of hydrogen-bond donors (Lipinski definition) is 1. The zero-order chi connectivity index (χ0) is 11.0. The minimum Gasteiger partial charge on any atom is -0.389 e. The molecule has 4 heteroatoms. The Bertz CT molecular complexity index is 645. The maximum Gasteiger partial charge on any atom is 0.125 e. The molecule has 0 fully saturated rings. The Hall–Kier alpha value is -1.94. The lowest BCUT2D eigenvalue weighted by atomic mass is 10.1. The van der Waals surface area contributed by atoms with Crippen molar-refractivity contribution in [1.29, 1.82) is 0 Å². The molecule has 0 unspecified atom stereocenters. The van der Waals surface area contributed by atoms with Crippen molar-refractivity contribution in [3.05, 3.63) is 42.9 Å². The molecule has 0 atom stereocenters. The van der Waals surface area contributed by atoms with Gasteiger partial charge in [-0.3, -0.25) is 4.98 Å². The molecule has 0 amide bonds. The minimum atomic E-state index is 0.741. The lowest BCUT2D eigenvalue weighted by Crippen LogP contribution is -1.78. The van der Waals surface area contributed by atoms with Crippen LogP contribution >= 0.6 is 11.3 Å². The molecule has 78 valence electrons. The summed E-state index contributed by atoms with van der Waals surface area (Å²) in [4.78, 5) is 8.36. The van der Waals surface area contributed by atoms with Gasteiger partial charge in [0.25, 0.3) is 0 Å². The summed E-state index contributed by atoms with van der Waals surface area (Å²) in [6.45, 7) is 0. The quantitative estimate of drug-likeness (QED) is 0.695. The number of fused-ring (bicyclic) bond motifs is 1. The number of hydrogen-bond acceptors (Lipinski definition) is 4. The van der Waals surface area contributed by atoms with Crippen LogP contribution in [0, 0.1) is 0 Å². The third-order valence-electron chi connectivity index (χ3n) is 2.41. The Morgan fingerprint density at radius 1 is 1.06 bits per heavy atom. The highest BCUT2D eigenvalue weighted by molar-refractivity contribution is 7.18. The van der Waals surface area contributed by atoms with E-state index in [-0.39, 0.29) is 0 Å². The van der Waals surface area contributed by atoms with Crippen molar-refractivity contribution in [2.75, 3.05) is 5.73 Å². The third kappa shape index (κ3) is 1.53. The van der Waals surface area contributed by atoms with Crippen LogP contribution in [-0.2, 0) is 0 Å². The van der Waals surface area contributed by atoms with Crippen LogP contribution in [0.25, 0.3) is 21.3 Å². The van der Waals surface area contributed by atoms with E-state index in [4.69, 9.17) is 5.73 Å². The maximum atomic E-state index is 5.67. The molecule has 0 saturated heterocycles. The molecule has 0 saturated carbocycles. The van der Waals surface area contributed by atoms with Gasteiger partial charge in [-0.25, -0.2) is 4.98 Å². The highest BCUT2D eigenvalue weighted by Crippen LogP contribution is 2.28. The highest BCUT2D eigenvalue weighted by Gasteiger charge is 2.03. The van der Waals surface area contributed by atoms with Crippen LogP contribution < -0.4 is 5.73 Å². The Balaban J connectivity index is 2.18. The third-order valence-corrected chi connectivity index (χ3v) is 3.29. The predicted molar refractivity (Wildman–Crippen MR) is 67.3 cm³/mol. The molecule has 2 heterocycles. The van der Waals surface area contributed by atoms with Gasteiger partial charge in [-0.05, 0) is 17.5 Å². The summed E-state index contributed by atoms with van der Waals surface area (Å²) < 4.78 is 0. The summed E-state index contributed by atoms with van der Waals surface area (Å²) in [7, 11) is 0. The first-order chi connectivity index (χ1) is 7.83. The second-order valence-corrected chi connectivity index (χ2v) is 4.57. The van der Waals surface area contributed by atoms with Crippen molar-refractivity contribution < 1.29 is 0 Å². The lowest BCUT2D eigenvalue weighted by Gasteiger charge is -1.99. The fourth-order valence-electron chi connectivity index (χ4n) is 1.64. The molecule has 0 radical (unpaired) electrons. The van der Waals surface area contributed by atoms with Gasteiger partial charge >= 0.3 is 0 Å². The second-order valence-electron chi connectivity index (χ2n) is 3.51. The van der Waals surface area contributed by atoms with Gasteiger partial charge in [0.05, 0.1) is 6.20 Å². The van der Waals surface area contributed by atoms with E-state index in [1.807, 2.05) is 18.3 Å². The SMILES string of the molecule is Nc1cnc(-c2ccc3cnccc3c2)s1. The fourth-order valence-corrected chi connectivity index (χ4v) is 2.32. The second kappa shape index (κ2) is 3.57. The Kier molecular flexibility index (Phi) is 2.08. The van der Waals surface area contributed by atoms with Gasteiger partial charge in [-0.2, -0.15) is 0 Å². The summed E-state index contributed by atoms with van der Waals surface area (Å²) in [5.41, 5.74) is 6.77. The molecule has 3 rings (SSSR count). The molecule has 1 aromatic carbocycles. The molecule has 0 aliphatic heterocycles. The fraction of sp³-hybridized carbons (Fsp3) is 0. The smallest absolute Gasteiger partial charge is 0.125 e. The van der Waals surface area contributed by atoms with Crippen molar-refractivity contribution >= 4 is 27.1 Å². The summed E-state index contributed by atoms with van der Waals surface area (Å²) in [5.74, 6) is 0. The van der Waals surface area contributed by atoms with Gasteiger partial charge in [0.1, 0.15) is 10.0 Å². The van der Waals surface area contributed by atoms with Gasteiger partial charge in [0.15, 0.2) is 0 Å². The van der Waals surface area contributed by atoms with Gasteiger partial charge in [0, 0.05) is 23.3 Å². The normalized spacial score (nSPS) is 10.8. The molecule has 2 N–H and O–H groups in total. The summed E-state index contributed by atoms with van der Waals surface area (Å²) >= 11 is 1.50. The average molecular weight is 227 g/mol. The summed E-state index contributed by atoms with van der Waals surface area (Å²) in [5, 5.41) is 4.00. The van der Waals surface area contributed by atoms with Gasteiger partial charge in [-0.1, -0.05) is 23.5 Å². The van der Waals surface area contributed by atoms with Crippen molar-refractivity contribution in [2.24, 2.45) is 0 Å². The van der Waals surface area contributed by atoms with Gasteiger partial charge in [0.2, 0.25) is 0 Å². The molecule has 2 aromatic heterocycles. The minimum absolute atomic E-state index is 0.741. The lowest BCUT2D eigenvalue weighted by molar-refractivity contribution is 1.36. The Morgan fingerprint density at radius 2 is 2.00 bits per heavy atom. The molecular weight excluding hydrogens is 218 g/mol. The van der Waals surface area contributed by atoms with Crippen molar-refractivity contribution in [3.63, 3.8) is 0 Å². The molecule has 0 aliphatic carbocycles. The zero-order valence-electron chi connectivity index (χ0n) is 8.42. The number of nitrogen functional groups attached to an aromatic ring is 1. The monoisotopic (exact) mass is 227 g/mol. The first kappa shape index (κ1) is 9.30. The van der Waals surface area contributed by atoms with E-state index >= 15 is 0 Å². The molecule has 0 aliphatic rings. The molecular formula is C12H9N3S. The van der Waals surface area contributed by atoms with Gasteiger partial charge in [-0.15, -0.1) is 0 Å². The van der Waals surface area contributed by atoms with Crippen LogP contribution in [-0.4, -0.2) is 9.97 Å². The van der Waals surface area contributed by atoms with Crippen LogP contribution in [0.2, 0.25) is 0 Å².